The average Bonchev–Trinajstić information content (AvgIpc) is 3.15. The van der Waals surface area contributed by atoms with E-state index < -0.39 is 23.3 Å². The quantitative estimate of drug-likeness (QED) is 0.194. The van der Waals surface area contributed by atoms with Crippen molar-refractivity contribution in [3.8, 4) is 11.3 Å². The molecule has 0 saturated carbocycles. The molecule has 3 aromatic rings. The van der Waals surface area contributed by atoms with E-state index in [9.17, 15) is 22.8 Å². The third-order valence-electron chi connectivity index (χ3n) is 3.89. The molecule has 0 atom stereocenters. The van der Waals surface area contributed by atoms with Crippen LogP contribution >= 0.6 is 23.2 Å². The molecule has 0 spiro atoms. The maximum absolute atomic E-state index is 13.0. The second-order valence-electron chi connectivity index (χ2n) is 5.91. The smallest absolute Gasteiger partial charge is 0.455 e. The Bertz CT molecular complexity index is 1100. The lowest BCUT2D eigenvalue weighted by atomic mass is 9.99. The molecule has 0 aliphatic heterocycles. The number of ketones is 2. The second kappa shape index (κ2) is 8.27. The maximum Gasteiger partial charge on any atom is 0.455 e. The van der Waals surface area contributed by atoms with Gasteiger partial charge in [0, 0.05) is 16.1 Å². The van der Waals surface area contributed by atoms with E-state index in [1.807, 2.05) is 0 Å². The second-order valence-corrected chi connectivity index (χ2v) is 6.75. The third-order valence-corrected chi connectivity index (χ3v) is 4.45. The van der Waals surface area contributed by atoms with E-state index in [2.05, 4.69) is 0 Å². The molecule has 148 valence electrons. The van der Waals surface area contributed by atoms with Crippen molar-refractivity contribution in [2.24, 2.45) is 0 Å². The zero-order valence-corrected chi connectivity index (χ0v) is 16.0. The molecule has 3 rings (SSSR count). The molecular formula is C21H11Cl2F3O3. The minimum Gasteiger partial charge on any atom is -0.457 e. The van der Waals surface area contributed by atoms with Crippen LogP contribution in [0.25, 0.3) is 17.4 Å². The fourth-order valence-electron chi connectivity index (χ4n) is 2.54. The highest BCUT2D eigenvalue weighted by atomic mass is 35.5. The largest absolute Gasteiger partial charge is 0.457 e. The Morgan fingerprint density at radius 1 is 0.931 bits per heavy atom. The number of hydrogen-bond acceptors (Lipinski definition) is 3. The lowest BCUT2D eigenvalue weighted by Crippen LogP contribution is -2.28. The van der Waals surface area contributed by atoms with E-state index in [1.165, 1.54) is 48.5 Å². The molecule has 0 fully saturated rings. The Morgan fingerprint density at radius 2 is 1.62 bits per heavy atom. The van der Waals surface area contributed by atoms with Crippen LogP contribution in [0.15, 0.2) is 70.7 Å². The summed E-state index contributed by atoms with van der Waals surface area (Å²) in [6.07, 6.45) is -4.45. The molecule has 3 nitrogen and oxygen atoms in total. The van der Waals surface area contributed by atoms with Crippen LogP contribution in [0.5, 0.6) is 0 Å². The highest BCUT2D eigenvalue weighted by Gasteiger charge is 2.43. The van der Waals surface area contributed by atoms with Gasteiger partial charge in [0.2, 0.25) is 0 Å². The molecule has 0 saturated heterocycles. The number of hydrogen-bond donors (Lipinski definition) is 0. The fourth-order valence-corrected chi connectivity index (χ4v) is 2.92. The summed E-state index contributed by atoms with van der Waals surface area (Å²) < 4.78 is 44.6. The van der Waals surface area contributed by atoms with E-state index in [4.69, 9.17) is 27.6 Å². The molecule has 1 aromatic heterocycles. The highest BCUT2D eigenvalue weighted by Crippen LogP contribution is 2.33. The van der Waals surface area contributed by atoms with Gasteiger partial charge in [-0.3, -0.25) is 9.59 Å². The van der Waals surface area contributed by atoms with Gasteiger partial charge in [0.25, 0.3) is 5.78 Å². The van der Waals surface area contributed by atoms with Gasteiger partial charge in [-0.15, -0.1) is 0 Å². The average molecular weight is 439 g/mol. The van der Waals surface area contributed by atoms with Crippen LogP contribution in [0.2, 0.25) is 10.0 Å². The number of carbonyl (C=O) groups is 2. The molecule has 0 unspecified atom stereocenters. The van der Waals surface area contributed by atoms with Crippen molar-refractivity contribution < 1.29 is 27.2 Å². The minimum atomic E-state index is -5.22. The van der Waals surface area contributed by atoms with E-state index in [-0.39, 0.29) is 17.1 Å². The van der Waals surface area contributed by atoms with Crippen LogP contribution in [-0.4, -0.2) is 17.7 Å². The van der Waals surface area contributed by atoms with Crippen molar-refractivity contribution in [3.05, 3.63) is 87.6 Å². The Balaban J connectivity index is 2.05. The summed E-state index contributed by atoms with van der Waals surface area (Å²) in [6, 6.07) is 14.6. The number of allylic oxidation sites excluding steroid dienone is 1. The van der Waals surface area contributed by atoms with E-state index >= 15 is 0 Å². The molecule has 0 bridgehead atoms. The fraction of sp³-hybridized carbons (Fsp3) is 0.0476. The summed E-state index contributed by atoms with van der Waals surface area (Å²) in [5.41, 5.74) is -0.695. The maximum atomic E-state index is 13.0. The minimum absolute atomic E-state index is 0.0546. The summed E-state index contributed by atoms with van der Waals surface area (Å²) >= 11 is 12.0. The molecule has 0 aliphatic carbocycles. The first-order valence-corrected chi connectivity index (χ1v) is 8.90. The standard InChI is InChI=1S/C21H11Cl2F3O3/c22-13-6-8-17(23)15(10-13)18-9-7-14(29-18)11-16(20(28)21(24,25)26)19(27)12-4-2-1-3-5-12/h1-11H. The molecule has 2 aromatic carbocycles. The predicted molar refractivity (Wildman–Crippen MR) is 104 cm³/mol. The lowest BCUT2D eigenvalue weighted by molar-refractivity contribution is -0.166. The molecule has 0 radical (unpaired) electrons. The highest BCUT2D eigenvalue weighted by molar-refractivity contribution is 6.35. The normalized spacial score (nSPS) is 12.1. The molecular weight excluding hydrogens is 428 g/mol. The predicted octanol–water partition coefficient (Wildman–Crippen LogP) is 6.65. The van der Waals surface area contributed by atoms with Crippen LogP contribution in [-0.2, 0) is 4.79 Å². The number of alkyl halides is 3. The van der Waals surface area contributed by atoms with Crippen molar-refractivity contribution in [2.45, 2.75) is 6.18 Å². The van der Waals surface area contributed by atoms with Crippen LogP contribution in [0, 0.1) is 0 Å². The topological polar surface area (TPSA) is 47.3 Å². The molecule has 0 N–H and O–H groups in total. The van der Waals surface area contributed by atoms with Gasteiger partial charge >= 0.3 is 6.18 Å². The van der Waals surface area contributed by atoms with Crippen molar-refractivity contribution >= 4 is 40.8 Å². The van der Waals surface area contributed by atoms with E-state index in [0.717, 1.165) is 6.08 Å². The summed E-state index contributed by atoms with van der Waals surface area (Å²) in [5, 5.41) is 0.691. The van der Waals surface area contributed by atoms with Crippen LogP contribution in [0.4, 0.5) is 13.2 Å². The number of rotatable bonds is 5. The van der Waals surface area contributed by atoms with E-state index in [1.54, 1.807) is 12.1 Å². The Hall–Kier alpha value is -2.83. The van der Waals surface area contributed by atoms with E-state index in [0.29, 0.717) is 15.6 Å². The lowest BCUT2D eigenvalue weighted by Gasteiger charge is -2.08. The third kappa shape index (κ3) is 4.78. The van der Waals surface area contributed by atoms with Gasteiger partial charge < -0.3 is 4.42 Å². The molecule has 1 heterocycles. The summed E-state index contributed by atoms with van der Waals surface area (Å²) in [5.74, 6) is -3.22. The first-order valence-electron chi connectivity index (χ1n) is 8.15. The van der Waals surface area contributed by atoms with Gasteiger partial charge in [-0.2, -0.15) is 13.2 Å². The van der Waals surface area contributed by atoms with Gasteiger partial charge in [0.15, 0.2) is 5.78 Å². The first-order chi connectivity index (χ1) is 13.7. The van der Waals surface area contributed by atoms with Crippen LogP contribution < -0.4 is 0 Å². The summed E-state index contributed by atoms with van der Waals surface area (Å²) in [4.78, 5) is 24.4. The van der Waals surface area contributed by atoms with Crippen LogP contribution in [0.3, 0.4) is 0 Å². The zero-order valence-electron chi connectivity index (χ0n) is 14.5. The Morgan fingerprint density at radius 3 is 2.28 bits per heavy atom. The van der Waals surface area contributed by atoms with Gasteiger partial charge in [0.05, 0.1) is 10.6 Å². The summed E-state index contributed by atoms with van der Waals surface area (Å²) in [7, 11) is 0. The zero-order chi connectivity index (χ0) is 21.2. The SMILES string of the molecule is O=C(C(=Cc1ccc(-c2cc(Cl)ccc2Cl)o1)C(=O)C(F)(F)F)c1ccccc1. The van der Waals surface area contributed by atoms with Crippen molar-refractivity contribution in [1.29, 1.82) is 0 Å². The number of carbonyl (C=O) groups excluding carboxylic acids is 2. The van der Waals surface area contributed by atoms with Gasteiger partial charge in [-0.25, -0.2) is 0 Å². The monoisotopic (exact) mass is 438 g/mol. The summed E-state index contributed by atoms with van der Waals surface area (Å²) in [6.45, 7) is 0. The molecule has 0 amide bonds. The number of benzene rings is 2. The number of halogens is 5. The molecule has 29 heavy (non-hydrogen) atoms. The molecule has 0 aliphatic rings. The van der Waals surface area contributed by atoms with Gasteiger partial charge in [0.1, 0.15) is 11.5 Å². The first kappa shape index (κ1) is 20.9. The van der Waals surface area contributed by atoms with Gasteiger partial charge in [-0.05, 0) is 36.4 Å². The Labute approximate surface area is 173 Å². The van der Waals surface area contributed by atoms with Crippen molar-refractivity contribution in [3.63, 3.8) is 0 Å². The number of furan rings is 1. The molecule has 8 heteroatoms. The van der Waals surface area contributed by atoms with Crippen LogP contribution in [0.1, 0.15) is 16.1 Å². The van der Waals surface area contributed by atoms with Gasteiger partial charge in [-0.1, -0.05) is 53.5 Å². The Kier molecular flexibility index (Phi) is 5.96. The van der Waals surface area contributed by atoms with Crippen molar-refractivity contribution in [2.75, 3.05) is 0 Å². The van der Waals surface area contributed by atoms with Crippen molar-refractivity contribution in [1.82, 2.24) is 0 Å². The number of Topliss-reactive ketones (excluding diaryl/α,β-unsaturated/α-hetero) is 2.